The highest BCUT2D eigenvalue weighted by molar-refractivity contribution is 5.82. The molecule has 2 heterocycles. The Labute approximate surface area is 193 Å². The van der Waals surface area contributed by atoms with Crippen LogP contribution >= 0.6 is 0 Å². The normalized spacial score (nSPS) is 19.3. The summed E-state index contributed by atoms with van der Waals surface area (Å²) in [5, 5.41) is 3.51. The van der Waals surface area contributed by atoms with Gasteiger partial charge in [-0.2, -0.15) is 0 Å². The summed E-state index contributed by atoms with van der Waals surface area (Å²) in [7, 11) is 1.84. The fourth-order valence-corrected chi connectivity index (χ4v) is 4.32. The molecule has 1 amide bonds. The predicted molar refractivity (Wildman–Crippen MR) is 130 cm³/mol. The molecule has 0 spiro atoms. The zero-order chi connectivity index (χ0) is 23.1. The Hall–Kier alpha value is -2.12. The molecule has 2 fully saturated rings. The lowest BCUT2D eigenvalue weighted by molar-refractivity contribution is -0.135. The summed E-state index contributed by atoms with van der Waals surface area (Å²) < 4.78 is 5.91. The van der Waals surface area contributed by atoms with Crippen molar-refractivity contribution in [3.05, 3.63) is 35.4 Å². The maximum atomic E-state index is 12.7. The summed E-state index contributed by atoms with van der Waals surface area (Å²) in [6, 6.07) is 8.47. The number of carbonyl (C=O) groups excluding carboxylic acids is 1. The molecule has 0 saturated carbocycles. The van der Waals surface area contributed by atoms with E-state index in [1.165, 1.54) is 11.1 Å². The molecule has 32 heavy (non-hydrogen) atoms. The zero-order valence-electron chi connectivity index (χ0n) is 20.6. The van der Waals surface area contributed by atoms with Crippen LogP contribution in [0.15, 0.2) is 29.3 Å². The lowest BCUT2D eigenvalue weighted by Gasteiger charge is -2.39. The molecule has 2 aliphatic heterocycles. The average molecular weight is 444 g/mol. The van der Waals surface area contributed by atoms with Gasteiger partial charge >= 0.3 is 0 Å². The Morgan fingerprint density at radius 1 is 1.06 bits per heavy atom. The SMILES string of the molecule is CN=C(NCc1cccc(COC(C)(C)C)c1)N1CCN(C(C)C(=O)N2CCCC2)CC1. The number of rotatable bonds is 6. The molecule has 0 bridgehead atoms. The number of benzene rings is 1. The van der Waals surface area contributed by atoms with Crippen molar-refractivity contribution in [2.45, 2.75) is 65.3 Å². The molecule has 1 unspecified atom stereocenters. The second-order valence-electron chi connectivity index (χ2n) is 9.85. The highest BCUT2D eigenvalue weighted by Crippen LogP contribution is 2.15. The van der Waals surface area contributed by atoms with Crippen molar-refractivity contribution >= 4 is 11.9 Å². The average Bonchev–Trinajstić information content (AvgIpc) is 3.32. The van der Waals surface area contributed by atoms with E-state index in [-0.39, 0.29) is 17.6 Å². The lowest BCUT2D eigenvalue weighted by atomic mass is 10.1. The third-order valence-corrected chi connectivity index (χ3v) is 6.26. The first-order valence-electron chi connectivity index (χ1n) is 12.0. The molecule has 178 valence electrons. The molecular formula is C25H41N5O2. The van der Waals surface area contributed by atoms with Crippen molar-refractivity contribution in [2.24, 2.45) is 4.99 Å². The van der Waals surface area contributed by atoms with Gasteiger partial charge in [0.2, 0.25) is 5.91 Å². The van der Waals surface area contributed by atoms with Crippen molar-refractivity contribution in [3.8, 4) is 0 Å². The van der Waals surface area contributed by atoms with Crippen LogP contribution in [0.3, 0.4) is 0 Å². The molecule has 0 aliphatic carbocycles. The molecule has 3 rings (SSSR count). The van der Waals surface area contributed by atoms with Gasteiger partial charge in [-0.15, -0.1) is 0 Å². The number of amides is 1. The summed E-state index contributed by atoms with van der Waals surface area (Å²) in [5.74, 6) is 1.20. The highest BCUT2D eigenvalue weighted by Gasteiger charge is 2.30. The summed E-state index contributed by atoms with van der Waals surface area (Å²) >= 11 is 0. The number of guanidine groups is 1. The first-order valence-corrected chi connectivity index (χ1v) is 12.0. The lowest BCUT2D eigenvalue weighted by Crippen LogP contribution is -2.57. The third kappa shape index (κ3) is 6.94. The van der Waals surface area contributed by atoms with Gasteiger partial charge in [0.25, 0.3) is 0 Å². The Bertz CT molecular complexity index is 775. The van der Waals surface area contributed by atoms with E-state index in [1.54, 1.807) is 0 Å². The maximum Gasteiger partial charge on any atom is 0.239 e. The summed E-state index contributed by atoms with van der Waals surface area (Å²) in [4.78, 5) is 23.9. The van der Waals surface area contributed by atoms with Crippen molar-refractivity contribution in [1.82, 2.24) is 20.0 Å². The van der Waals surface area contributed by atoms with Gasteiger partial charge in [0.1, 0.15) is 0 Å². The van der Waals surface area contributed by atoms with Gasteiger partial charge < -0.3 is 19.9 Å². The maximum absolute atomic E-state index is 12.7. The van der Waals surface area contributed by atoms with Crippen molar-refractivity contribution in [1.29, 1.82) is 0 Å². The second kappa shape index (κ2) is 11.1. The Morgan fingerprint density at radius 3 is 2.34 bits per heavy atom. The summed E-state index contributed by atoms with van der Waals surface area (Å²) in [6.45, 7) is 15.0. The molecule has 1 aromatic carbocycles. The first kappa shape index (κ1) is 24.5. The molecule has 2 aliphatic rings. The van der Waals surface area contributed by atoms with E-state index in [0.717, 1.165) is 64.6 Å². The van der Waals surface area contributed by atoms with E-state index in [0.29, 0.717) is 6.61 Å². The highest BCUT2D eigenvalue weighted by atomic mass is 16.5. The van der Waals surface area contributed by atoms with Crippen molar-refractivity contribution < 1.29 is 9.53 Å². The third-order valence-electron chi connectivity index (χ3n) is 6.26. The van der Waals surface area contributed by atoms with Crippen LogP contribution in [0, 0.1) is 0 Å². The number of hydrogen-bond acceptors (Lipinski definition) is 4. The van der Waals surface area contributed by atoms with Crippen LogP contribution in [0.4, 0.5) is 0 Å². The number of carbonyl (C=O) groups is 1. The van der Waals surface area contributed by atoms with Crippen LogP contribution in [0.1, 0.15) is 51.7 Å². The van der Waals surface area contributed by atoms with Crippen molar-refractivity contribution in [3.63, 3.8) is 0 Å². The number of hydrogen-bond donors (Lipinski definition) is 1. The number of piperazine rings is 1. The Balaban J connectivity index is 1.47. The van der Waals surface area contributed by atoms with E-state index in [4.69, 9.17) is 4.74 Å². The summed E-state index contributed by atoms with van der Waals surface area (Å²) in [5.41, 5.74) is 2.25. The molecule has 1 aromatic rings. The van der Waals surface area contributed by atoms with Gasteiger partial charge in [-0.25, -0.2) is 0 Å². The molecule has 1 N–H and O–H groups in total. The van der Waals surface area contributed by atoms with Gasteiger partial charge in [0.05, 0.1) is 18.2 Å². The van der Waals surface area contributed by atoms with Gasteiger partial charge in [-0.1, -0.05) is 24.3 Å². The predicted octanol–water partition coefficient (Wildman–Crippen LogP) is 2.71. The fourth-order valence-electron chi connectivity index (χ4n) is 4.32. The molecule has 7 nitrogen and oxygen atoms in total. The zero-order valence-corrected chi connectivity index (χ0v) is 20.6. The molecule has 0 aromatic heterocycles. The number of ether oxygens (including phenoxy) is 1. The minimum absolute atomic E-state index is 0.0386. The standard InChI is InChI=1S/C25H41N5O2/c1-20(23(31)29-11-6-7-12-29)28-13-15-30(16-14-28)24(26-5)27-18-21-9-8-10-22(17-21)19-32-25(2,3)4/h8-10,17,20H,6-7,11-16,18-19H2,1-5H3,(H,26,27). The molecule has 7 heteroatoms. The Morgan fingerprint density at radius 2 is 1.72 bits per heavy atom. The van der Waals surface area contributed by atoms with Crippen LogP contribution in [0.25, 0.3) is 0 Å². The number of nitrogens with one attached hydrogen (secondary N) is 1. The van der Waals surface area contributed by atoms with E-state index in [9.17, 15) is 4.79 Å². The molecular weight excluding hydrogens is 402 g/mol. The van der Waals surface area contributed by atoms with Crippen LogP contribution in [0.5, 0.6) is 0 Å². The van der Waals surface area contributed by atoms with Crippen molar-refractivity contribution in [2.75, 3.05) is 46.3 Å². The van der Waals surface area contributed by atoms with Gasteiger partial charge in [-0.05, 0) is 51.7 Å². The molecule has 2 saturated heterocycles. The van der Waals surface area contributed by atoms with Crippen LogP contribution in [-0.2, 0) is 22.7 Å². The number of nitrogens with zero attached hydrogens (tertiary/aromatic N) is 4. The fraction of sp³-hybridized carbons (Fsp3) is 0.680. The number of aliphatic imine (C=N–C) groups is 1. The Kier molecular flexibility index (Phi) is 8.54. The first-order chi connectivity index (χ1) is 15.3. The minimum Gasteiger partial charge on any atom is -0.371 e. The van der Waals surface area contributed by atoms with E-state index >= 15 is 0 Å². The van der Waals surface area contributed by atoms with Crippen LogP contribution in [-0.4, -0.2) is 84.5 Å². The quantitative estimate of drug-likeness (QED) is 0.541. The van der Waals surface area contributed by atoms with Gasteiger partial charge in [-0.3, -0.25) is 14.7 Å². The largest absolute Gasteiger partial charge is 0.371 e. The monoisotopic (exact) mass is 443 g/mol. The summed E-state index contributed by atoms with van der Waals surface area (Å²) in [6.07, 6.45) is 2.28. The van der Waals surface area contributed by atoms with Gasteiger partial charge in [0.15, 0.2) is 5.96 Å². The smallest absolute Gasteiger partial charge is 0.239 e. The van der Waals surface area contributed by atoms with E-state index in [2.05, 4.69) is 72.1 Å². The van der Waals surface area contributed by atoms with E-state index in [1.807, 2.05) is 11.9 Å². The number of likely N-dealkylation sites (tertiary alicyclic amines) is 1. The van der Waals surface area contributed by atoms with Gasteiger partial charge in [0, 0.05) is 52.9 Å². The molecule has 1 atom stereocenters. The van der Waals surface area contributed by atoms with Crippen LogP contribution < -0.4 is 5.32 Å². The van der Waals surface area contributed by atoms with E-state index < -0.39 is 0 Å². The second-order valence-corrected chi connectivity index (χ2v) is 9.85. The minimum atomic E-state index is -0.144. The topological polar surface area (TPSA) is 60.4 Å². The van der Waals surface area contributed by atoms with Crippen LogP contribution in [0.2, 0.25) is 0 Å². The molecule has 0 radical (unpaired) electrons.